The molecule has 1 aliphatic heterocycles. The molecule has 0 bridgehead atoms. The summed E-state index contributed by atoms with van der Waals surface area (Å²) in [4.78, 5) is 37.2. The summed E-state index contributed by atoms with van der Waals surface area (Å²) in [6.07, 6.45) is 0.165. The fraction of sp³-hybridized carbons (Fsp3) is 0.211. The second kappa shape index (κ2) is 7.35. The third-order valence-electron chi connectivity index (χ3n) is 4.13. The van der Waals surface area contributed by atoms with Crippen molar-refractivity contribution >= 4 is 29.1 Å². The Bertz CT molecular complexity index is 851. The molecule has 2 N–H and O–H groups in total. The summed E-state index contributed by atoms with van der Waals surface area (Å²) in [6.45, 7) is 1.76. The van der Waals surface area contributed by atoms with Crippen molar-refractivity contribution in [3.63, 3.8) is 0 Å². The van der Waals surface area contributed by atoms with Gasteiger partial charge in [0.25, 0.3) is 0 Å². The smallest absolute Gasteiger partial charge is 0.319 e. The van der Waals surface area contributed by atoms with Crippen molar-refractivity contribution in [2.45, 2.75) is 19.4 Å². The van der Waals surface area contributed by atoms with E-state index in [2.05, 4.69) is 10.6 Å². The molecule has 6 nitrogen and oxygen atoms in total. The van der Waals surface area contributed by atoms with Crippen molar-refractivity contribution in [1.29, 1.82) is 0 Å². The quantitative estimate of drug-likeness (QED) is 0.828. The van der Waals surface area contributed by atoms with Crippen LogP contribution in [0.25, 0.3) is 0 Å². The van der Waals surface area contributed by atoms with Crippen LogP contribution >= 0.6 is 0 Å². The van der Waals surface area contributed by atoms with Gasteiger partial charge in [0.05, 0.1) is 6.04 Å². The second-order valence-electron chi connectivity index (χ2n) is 6.12. The van der Waals surface area contributed by atoms with Crippen molar-refractivity contribution in [2.24, 2.45) is 0 Å². The first-order chi connectivity index (χ1) is 12.4. The summed E-state index contributed by atoms with van der Waals surface area (Å²) >= 11 is 0. The second-order valence-corrected chi connectivity index (χ2v) is 6.12. The summed E-state index contributed by atoms with van der Waals surface area (Å²) in [5.74, 6) is -0.604. The number of rotatable bonds is 4. The molecule has 0 radical (unpaired) electrons. The molecule has 0 unspecified atom stereocenters. The number of urea groups is 1. The van der Waals surface area contributed by atoms with E-state index in [0.29, 0.717) is 23.5 Å². The number of nitrogens with one attached hydrogen (secondary N) is 2. The van der Waals surface area contributed by atoms with Gasteiger partial charge in [-0.05, 0) is 43.3 Å². The van der Waals surface area contributed by atoms with Crippen LogP contribution in [0.15, 0.2) is 48.5 Å². The van der Waals surface area contributed by atoms with E-state index in [-0.39, 0.29) is 30.0 Å². The normalized spacial score (nSPS) is 16.5. The summed E-state index contributed by atoms with van der Waals surface area (Å²) < 4.78 is 13.0. The minimum atomic E-state index is -0.454. The van der Waals surface area contributed by atoms with E-state index in [0.717, 1.165) is 0 Å². The Morgan fingerprint density at radius 3 is 2.58 bits per heavy atom. The molecule has 0 spiro atoms. The summed E-state index contributed by atoms with van der Waals surface area (Å²) in [7, 11) is 0. The first kappa shape index (κ1) is 17.6. The maximum Gasteiger partial charge on any atom is 0.319 e. The number of ketones is 1. The molecule has 1 atom stereocenters. The molecule has 2 aromatic carbocycles. The molecule has 1 heterocycles. The fourth-order valence-corrected chi connectivity index (χ4v) is 2.84. The van der Waals surface area contributed by atoms with Gasteiger partial charge in [-0.2, -0.15) is 0 Å². The van der Waals surface area contributed by atoms with Gasteiger partial charge in [-0.3, -0.25) is 9.59 Å². The lowest BCUT2D eigenvalue weighted by Crippen LogP contribution is -2.39. The van der Waals surface area contributed by atoms with Gasteiger partial charge in [-0.1, -0.05) is 12.1 Å². The summed E-state index contributed by atoms with van der Waals surface area (Å²) in [6, 6.07) is 11.4. The van der Waals surface area contributed by atoms with Gasteiger partial charge >= 0.3 is 6.03 Å². The van der Waals surface area contributed by atoms with Gasteiger partial charge in [0, 0.05) is 29.9 Å². The number of benzene rings is 2. The zero-order chi connectivity index (χ0) is 18.7. The molecule has 3 amide bonds. The Hall–Kier alpha value is -3.22. The number of carbonyl (C=O) groups is 3. The molecular formula is C19H18FN3O3. The SMILES string of the molecule is CC(=O)c1cccc(NC(=O)N[C@@H]2CC(=O)N(c3ccc(F)cc3)C2)c1. The molecule has 3 rings (SSSR count). The Labute approximate surface area is 150 Å². The zero-order valence-electron chi connectivity index (χ0n) is 14.2. The number of Topliss-reactive ketones (excluding diaryl/α,β-unsaturated/α-hetero) is 1. The monoisotopic (exact) mass is 355 g/mol. The minimum absolute atomic E-state index is 0.0922. The minimum Gasteiger partial charge on any atom is -0.333 e. The Morgan fingerprint density at radius 1 is 1.15 bits per heavy atom. The van der Waals surface area contributed by atoms with E-state index in [1.807, 2.05) is 0 Å². The summed E-state index contributed by atoms with van der Waals surface area (Å²) in [5, 5.41) is 5.41. The highest BCUT2D eigenvalue weighted by Gasteiger charge is 2.31. The zero-order valence-corrected chi connectivity index (χ0v) is 14.2. The van der Waals surface area contributed by atoms with E-state index in [1.165, 1.54) is 36.1 Å². The van der Waals surface area contributed by atoms with Gasteiger partial charge < -0.3 is 15.5 Å². The lowest BCUT2D eigenvalue weighted by Gasteiger charge is -2.17. The van der Waals surface area contributed by atoms with Crippen LogP contribution in [0.3, 0.4) is 0 Å². The number of hydrogen-bond donors (Lipinski definition) is 2. The Balaban J connectivity index is 1.60. The van der Waals surface area contributed by atoms with Crippen LogP contribution in [0.4, 0.5) is 20.6 Å². The number of amides is 3. The van der Waals surface area contributed by atoms with Crippen LogP contribution < -0.4 is 15.5 Å². The van der Waals surface area contributed by atoms with Crippen molar-refractivity contribution in [1.82, 2.24) is 5.32 Å². The van der Waals surface area contributed by atoms with Crippen molar-refractivity contribution < 1.29 is 18.8 Å². The first-order valence-corrected chi connectivity index (χ1v) is 8.17. The lowest BCUT2D eigenvalue weighted by atomic mass is 10.1. The summed E-state index contributed by atoms with van der Waals surface area (Å²) in [5.41, 5.74) is 1.59. The predicted octanol–water partition coefficient (Wildman–Crippen LogP) is 2.96. The number of halogens is 1. The predicted molar refractivity (Wildman–Crippen MR) is 95.8 cm³/mol. The maximum atomic E-state index is 13.0. The van der Waals surface area contributed by atoms with Gasteiger partial charge in [-0.25, -0.2) is 9.18 Å². The fourth-order valence-electron chi connectivity index (χ4n) is 2.84. The molecule has 7 heteroatoms. The third kappa shape index (κ3) is 4.05. The van der Waals surface area contributed by atoms with E-state index >= 15 is 0 Å². The number of hydrogen-bond acceptors (Lipinski definition) is 3. The maximum absolute atomic E-state index is 13.0. The highest BCUT2D eigenvalue weighted by molar-refractivity contribution is 5.98. The standard InChI is InChI=1S/C19H18FN3O3/c1-12(24)13-3-2-4-15(9-13)21-19(26)22-16-10-18(25)23(11-16)17-7-5-14(20)6-8-17/h2-9,16H,10-11H2,1H3,(H2,21,22,26)/t16-/m1/s1. The van der Waals surface area contributed by atoms with Crippen LogP contribution in [0, 0.1) is 5.82 Å². The first-order valence-electron chi connectivity index (χ1n) is 8.17. The van der Waals surface area contributed by atoms with Crippen LogP contribution in [-0.4, -0.2) is 30.3 Å². The van der Waals surface area contributed by atoms with Crippen molar-refractivity contribution in [3.8, 4) is 0 Å². The molecule has 2 aromatic rings. The van der Waals surface area contributed by atoms with E-state index in [1.54, 1.807) is 24.3 Å². The lowest BCUT2D eigenvalue weighted by molar-refractivity contribution is -0.117. The van der Waals surface area contributed by atoms with Crippen LogP contribution in [-0.2, 0) is 4.79 Å². The number of nitrogens with zero attached hydrogens (tertiary/aromatic N) is 1. The molecule has 0 saturated carbocycles. The molecule has 0 aromatic heterocycles. The average molecular weight is 355 g/mol. The van der Waals surface area contributed by atoms with Gasteiger partial charge in [0.2, 0.25) is 5.91 Å². The van der Waals surface area contributed by atoms with Crippen LogP contribution in [0.5, 0.6) is 0 Å². The Kier molecular flexibility index (Phi) is 4.97. The molecule has 0 aliphatic carbocycles. The largest absolute Gasteiger partial charge is 0.333 e. The van der Waals surface area contributed by atoms with E-state index < -0.39 is 6.03 Å². The van der Waals surface area contributed by atoms with Crippen molar-refractivity contribution in [2.75, 3.05) is 16.8 Å². The molecule has 26 heavy (non-hydrogen) atoms. The molecule has 134 valence electrons. The van der Waals surface area contributed by atoms with Gasteiger partial charge in [0.1, 0.15) is 5.82 Å². The number of anilines is 2. The molecule has 1 aliphatic rings. The van der Waals surface area contributed by atoms with Gasteiger partial charge in [0.15, 0.2) is 5.78 Å². The van der Waals surface area contributed by atoms with Crippen LogP contribution in [0.1, 0.15) is 23.7 Å². The van der Waals surface area contributed by atoms with E-state index in [4.69, 9.17) is 0 Å². The molecule has 1 fully saturated rings. The highest BCUT2D eigenvalue weighted by Crippen LogP contribution is 2.22. The topological polar surface area (TPSA) is 78.5 Å². The average Bonchev–Trinajstić information content (AvgIpc) is 2.95. The number of carbonyl (C=O) groups excluding carboxylic acids is 3. The Morgan fingerprint density at radius 2 is 1.88 bits per heavy atom. The van der Waals surface area contributed by atoms with E-state index in [9.17, 15) is 18.8 Å². The van der Waals surface area contributed by atoms with Crippen molar-refractivity contribution in [3.05, 3.63) is 59.9 Å². The molecule has 1 saturated heterocycles. The van der Waals surface area contributed by atoms with Crippen LogP contribution in [0.2, 0.25) is 0 Å². The third-order valence-corrected chi connectivity index (χ3v) is 4.13. The van der Waals surface area contributed by atoms with Gasteiger partial charge in [-0.15, -0.1) is 0 Å². The highest BCUT2D eigenvalue weighted by atomic mass is 19.1. The molecular weight excluding hydrogens is 337 g/mol.